The third kappa shape index (κ3) is 6.96. The Balaban J connectivity index is 1.21. The maximum Gasteiger partial charge on any atom is 0.273 e. The summed E-state index contributed by atoms with van der Waals surface area (Å²) < 4.78 is 6.10. The molecule has 0 aliphatic heterocycles. The first kappa shape index (κ1) is 28.3. The number of thiophene rings is 4. The molecule has 6 rings (SSSR count). The van der Waals surface area contributed by atoms with E-state index in [1.807, 2.05) is 98.1 Å². The molecule has 0 unspecified atom stereocenters. The van der Waals surface area contributed by atoms with Crippen molar-refractivity contribution in [2.45, 2.75) is 26.2 Å². The van der Waals surface area contributed by atoms with Gasteiger partial charge >= 0.3 is 0 Å². The molecule has 0 radical (unpaired) electrons. The molecule has 0 saturated heterocycles. The molecule has 2 amide bonds. The van der Waals surface area contributed by atoms with E-state index in [0.29, 0.717) is 43.1 Å². The van der Waals surface area contributed by atoms with Gasteiger partial charge in [0.05, 0.1) is 26.2 Å². The van der Waals surface area contributed by atoms with Crippen LogP contribution in [-0.4, -0.2) is 33.2 Å². The molecule has 6 aromatic rings. The van der Waals surface area contributed by atoms with Crippen LogP contribution < -0.4 is 4.74 Å². The number of fused-ring (bicyclic) bond motifs is 1. The van der Waals surface area contributed by atoms with Crippen LogP contribution in [0.2, 0.25) is 0 Å². The van der Waals surface area contributed by atoms with Gasteiger partial charge in [-0.05, 0) is 57.9 Å². The van der Waals surface area contributed by atoms with Crippen molar-refractivity contribution in [3.8, 4) is 5.75 Å². The van der Waals surface area contributed by atoms with Crippen molar-refractivity contribution < 1.29 is 14.3 Å². The Kier molecular flexibility index (Phi) is 9.05. The van der Waals surface area contributed by atoms with Crippen LogP contribution in [0.1, 0.15) is 30.0 Å². The van der Waals surface area contributed by atoms with E-state index in [1.54, 1.807) is 57.5 Å². The SMILES string of the molecule is O=C(COc1cccc2ccc(C(=O)N(Cc3cccs3)Cc3cccs3)nc12)N(Cc1cccs1)Cc1cccs1. The number of para-hydroxylation sites is 1. The molecule has 42 heavy (non-hydrogen) atoms. The Bertz CT molecular complexity index is 1660. The zero-order valence-electron chi connectivity index (χ0n) is 22.5. The molecule has 6 nitrogen and oxygen atoms in total. The number of aromatic nitrogens is 1. The van der Waals surface area contributed by atoms with Crippen LogP contribution in [0.3, 0.4) is 0 Å². The summed E-state index contributed by atoms with van der Waals surface area (Å²) in [6.07, 6.45) is 0. The Morgan fingerprint density at radius 2 is 1.14 bits per heavy atom. The second-order valence-corrected chi connectivity index (χ2v) is 13.7. The molecule has 0 spiro atoms. The summed E-state index contributed by atoms with van der Waals surface area (Å²) >= 11 is 6.52. The van der Waals surface area contributed by atoms with Crippen LogP contribution in [0, 0.1) is 0 Å². The van der Waals surface area contributed by atoms with E-state index < -0.39 is 0 Å². The van der Waals surface area contributed by atoms with Crippen LogP contribution in [0.5, 0.6) is 5.75 Å². The van der Waals surface area contributed by atoms with E-state index >= 15 is 0 Å². The zero-order chi connectivity index (χ0) is 28.7. The standard InChI is InChI=1S/C32H27N3O3S4/c36-30(34(18-24-7-2-14-39-24)19-25-8-3-15-40-25)22-38-29-11-1-6-23-12-13-28(33-31(23)29)32(37)35(20-26-9-4-16-41-26)21-27-10-5-17-42-27/h1-17H,18-22H2. The van der Waals surface area contributed by atoms with E-state index in [0.717, 1.165) is 24.9 Å². The lowest BCUT2D eigenvalue weighted by Gasteiger charge is -2.22. The number of benzene rings is 1. The molecule has 0 N–H and O–H groups in total. The minimum atomic E-state index is -0.150. The van der Waals surface area contributed by atoms with Gasteiger partial charge in [0.15, 0.2) is 6.61 Å². The summed E-state index contributed by atoms with van der Waals surface area (Å²) in [6.45, 7) is 1.93. The van der Waals surface area contributed by atoms with E-state index in [9.17, 15) is 9.59 Å². The van der Waals surface area contributed by atoms with Gasteiger partial charge in [-0.25, -0.2) is 4.98 Å². The van der Waals surface area contributed by atoms with E-state index in [2.05, 4.69) is 0 Å². The summed E-state index contributed by atoms with van der Waals surface area (Å²) in [7, 11) is 0. The number of rotatable bonds is 12. The lowest BCUT2D eigenvalue weighted by Crippen LogP contribution is -2.33. The maximum absolute atomic E-state index is 13.8. The molecule has 0 atom stereocenters. The molecule has 0 bridgehead atoms. The van der Waals surface area contributed by atoms with Crippen LogP contribution >= 0.6 is 45.3 Å². The largest absolute Gasteiger partial charge is 0.481 e. The van der Waals surface area contributed by atoms with Gasteiger partial charge in [-0.2, -0.15) is 0 Å². The summed E-state index contributed by atoms with van der Waals surface area (Å²) in [5, 5.41) is 8.91. The predicted octanol–water partition coefficient (Wildman–Crippen LogP) is 7.93. The van der Waals surface area contributed by atoms with Crippen LogP contribution in [0.4, 0.5) is 0 Å². The quantitative estimate of drug-likeness (QED) is 0.138. The van der Waals surface area contributed by atoms with Crippen molar-refractivity contribution in [2.75, 3.05) is 6.61 Å². The lowest BCUT2D eigenvalue weighted by molar-refractivity contribution is -0.134. The van der Waals surface area contributed by atoms with Crippen molar-refractivity contribution in [2.24, 2.45) is 0 Å². The second-order valence-electron chi connectivity index (χ2n) is 9.54. The minimum Gasteiger partial charge on any atom is -0.481 e. The molecule has 0 aliphatic rings. The van der Waals surface area contributed by atoms with Gasteiger partial charge in [0.2, 0.25) is 0 Å². The number of ether oxygens (including phenoxy) is 1. The molecule has 5 heterocycles. The molecular weight excluding hydrogens is 603 g/mol. The number of hydrogen-bond acceptors (Lipinski definition) is 8. The number of pyridine rings is 1. The summed E-state index contributed by atoms with van der Waals surface area (Å²) in [6, 6.07) is 25.4. The van der Waals surface area contributed by atoms with Gasteiger partial charge in [-0.15, -0.1) is 45.3 Å². The average Bonchev–Trinajstić information content (AvgIpc) is 3.84. The van der Waals surface area contributed by atoms with E-state index in [1.165, 1.54) is 0 Å². The zero-order valence-corrected chi connectivity index (χ0v) is 25.8. The van der Waals surface area contributed by atoms with Crippen molar-refractivity contribution >= 4 is 68.1 Å². The minimum absolute atomic E-state index is 0.112. The Hall–Kier alpha value is -3.83. The average molecular weight is 630 g/mol. The third-order valence-electron chi connectivity index (χ3n) is 6.60. The van der Waals surface area contributed by atoms with Gasteiger partial charge in [0.1, 0.15) is 17.0 Å². The van der Waals surface area contributed by atoms with Crippen molar-refractivity contribution in [3.05, 3.63) is 126 Å². The maximum atomic E-state index is 13.8. The normalized spacial score (nSPS) is 11.0. The van der Waals surface area contributed by atoms with Crippen LogP contribution in [0.25, 0.3) is 10.9 Å². The number of carbonyl (C=O) groups excluding carboxylic acids is 2. The monoisotopic (exact) mass is 629 g/mol. The first-order valence-electron chi connectivity index (χ1n) is 13.3. The number of hydrogen-bond donors (Lipinski definition) is 0. The Morgan fingerprint density at radius 1 is 0.619 bits per heavy atom. The lowest BCUT2D eigenvalue weighted by atomic mass is 10.1. The highest BCUT2D eigenvalue weighted by Gasteiger charge is 2.21. The molecule has 5 aromatic heterocycles. The van der Waals surface area contributed by atoms with E-state index in [-0.39, 0.29) is 18.4 Å². The fraction of sp³-hybridized carbons (Fsp3) is 0.156. The van der Waals surface area contributed by atoms with E-state index in [4.69, 9.17) is 9.72 Å². The molecule has 0 saturated carbocycles. The molecule has 10 heteroatoms. The second kappa shape index (κ2) is 13.4. The summed E-state index contributed by atoms with van der Waals surface area (Å²) in [5.41, 5.74) is 0.904. The fourth-order valence-electron chi connectivity index (χ4n) is 4.54. The van der Waals surface area contributed by atoms with Crippen molar-refractivity contribution in [3.63, 3.8) is 0 Å². The Morgan fingerprint density at radius 3 is 1.64 bits per heavy atom. The smallest absolute Gasteiger partial charge is 0.273 e. The molecular formula is C32H27N3O3S4. The molecule has 0 fully saturated rings. The number of carbonyl (C=O) groups is 2. The van der Waals surface area contributed by atoms with Gasteiger partial charge in [0.25, 0.3) is 11.8 Å². The van der Waals surface area contributed by atoms with Crippen LogP contribution in [0.15, 0.2) is 100 Å². The molecule has 0 aliphatic carbocycles. The first-order chi connectivity index (χ1) is 20.6. The van der Waals surface area contributed by atoms with Gasteiger partial charge in [0, 0.05) is 24.9 Å². The first-order valence-corrected chi connectivity index (χ1v) is 16.8. The fourth-order valence-corrected chi connectivity index (χ4v) is 7.42. The summed E-state index contributed by atoms with van der Waals surface area (Å²) in [4.78, 5) is 40.0. The predicted molar refractivity (Wildman–Crippen MR) is 172 cm³/mol. The Labute approximate surface area is 260 Å². The van der Waals surface area contributed by atoms with Crippen molar-refractivity contribution in [1.82, 2.24) is 14.8 Å². The number of amides is 2. The highest BCUT2D eigenvalue weighted by Crippen LogP contribution is 2.26. The third-order valence-corrected chi connectivity index (χ3v) is 10.0. The highest BCUT2D eigenvalue weighted by molar-refractivity contribution is 7.10. The topological polar surface area (TPSA) is 62.7 Å². The highest BCUT2D eigenvalue weighted by atomic mass is 32.1. The van der Waals surface area contributed by atoms with Gasteiger partial charge in [-0.3, -0.25) is 9.59 Å². The van der Waals surface area contributed by atoms with Gasteiger partial charge < -0.3 is 14.5 Å². The summed E-state index contributed by atoms with van der Waals surface area (Å²) in [5.74, 6) is 0.215. The number of nitrogens with zero attached hydrogens (tertiary/aromatic N) is 3. The van der Waals surface area contributed by atoms with Crippen molar-refractivity contribution in [1.29, 1.82) is 0 Å². The van der Waals surface area contributed by atoms with Gasteiger partial charge in [-0.1, -0.05) is 42.5 Å². The van der Waals surface area contributed by atoms with Crippen LogP contribution in [-0.2, 0) is 31.0 Å². The molecule has 1 aromatic carbocycles. The molecule has 212 valence electrons.